The molecular weight excluding hydrogens is 457 g/mol. The van der Waals surface area contributed by atoms with Crippen LogP contribution in [-0.2, 0) is 11.8 Å². The predicted molar refractivity (Wildman–Crippen MR) is 115 cm³/mol. The monoisotopic (exact) mass is 471 g/mol. The Morgan fingerprint density at radius 1 is 1.21 bits per heavy atom. The molecule has 0 aliphatic heterocycles. The van der Waals surface area contributed by atoms with Crippen molar-refractivity contribution in [2.24, 2.45) is 7.05 Å². The van der Waals surface area contributed by atoms with Crippen LogP contribution in [0.5, 0.6) is 5.75 Å². The third-order valence-corrected chi connectivity index (χ3v) is 5.55. The molecule has 29 heavy (non-hydrogen) atoms. The molecule has 1 amide bonds. The fourth-order valence-electron chi connectivity index (χ4n) is 2.38. The van der Waals surface area contributed by atoms with Crippen LogP contribution in [0.4, 0.5) is 5.82 Å². The number of halogens is 3. The normalized spacial score (nSPS) is 11.9. The van der Waals surface area contributed by atoms with Crippen LogP contribution in [0.15, 0.2) is 41.7 Å². The Balaban J connectivity index is 1.60. The van der Waals surface area contributed by atoms with E-state index in [2.05, 4.69) is 20.5 Å². The fourth-order valence-corrected chi connectivity index (χ4v) is 3.53. The molecule has 0 saturated heterocycles. The van der Waals surface area contributed by atoms with Crippen LogP contribution in [0.3, 0.4) is 0 Å². The smallest absolute Gasteiger partial charge is 0.236 e. The summed E-state index contributed by atoms with van der Waals surface area (Å²) in [5, 5.41) is 13.0. The van der Waals surface area contributed by atoms with Gasteiger partial charge in [0.25, 0.3) is 0 Å². The third kappa shape index (κ3) is 5.76. The maximum absolute atomic E-state index is 12.1. The van der Waals surface area contributed by atoms with Crippen molar-refractivity contribution in [3.63, 3.8) is 0 Å². The van der Waals surface area contributed by atoms with Crippen molar-refractivity contribution in [3.8, 4) is 5.75 Å². The van der Waals surface area contributed by atoms with Gasteiger partial charge in [-0.15, -0.1) is 10.2 Å². The molecule has 3 rings (SSSR count). The maximum Gasteiger partial charge on any atom is 0.236 e. The van der Waals surface area contributed by atoms with E-state index in [0.717, 1.165) is 0 Å². The molecule has 11 heteroatoms. The predicted octanol–water partition coefficient (Wildman–Crippen LogP) is 5.04. The molecular formula is C18H16Cl3N5O2S. The summed E-state index contributed by atoms with van der Waals surface area (Å²) in [6.45, 7) is 1.83. The topological polar surface area (TPSA) is 81.9 Å². The number of amides is 1. The minimum absolute atomic E-state index is 0.144. The summed E-state index contributed by atoms with van der Waals surface area (Å²) in [6.07, 6.45) is 1.04. The molecule has 0 aliphatic rings. The number of carbonyl (C=O) groups is 1. The van der Waals surface area contributed by atoms with Crippen molar-refractivity contribution in [3.05, 3.63) is 57.4 Å². The molecule has 2 heterocycles. The van der Waals surface area contributed by atoms with Gasteiger partial charge in [-0.05, 0) is 31.2 Å². The zero-order valence-electron chi connectivity index (χ0n) is 15.4. The molecule has 0 aliphatic carbocycles. The number of ether oxygens (including phenoxy) is 1. The molecule has 0 saturated carbocycles. The van der Waals surface area contributed by atoms with Crippen LogP contribution in [-0.4, -0.2) is 31.4 Å². The molecule has 0 bridgehead atoms. The number of anilines is 1. The summed E-state index contributed by atoms with van der Waals surface area (Å²) in [5.74, 6) is 1.40. The lowest BCUT2D eigenvalue weighted by molar-refractivity contribution is -0.113. The Labute approximate surface area is 186 Å². The van der Waals surface area contributed by atoms with Gasteiger partial charge in [0.05, 0.1) is 15.8 Å². The highest BCUT2D eigenvalue weighted by Crippen LogP contribution is 2.31. The van der Waals surface area contributed by atoms with Crippen LogP contribution >= 0.6 is 46.6 Å². The third-order valence-electron chi connectivity index (χ3n) is 3.76. The van der Waals surface area contributed by atoms with Crippen LogP contribution in [0.2, 0.25) is 15.1 Å². The van der Waals surface area contributed by atoms with Crippen LogP contribution in [0, 0.1) is 0 Å². The second-order valence-corrected chi connectivity index (χ2v) is 8.16. The number of carbonyl (C=O) groups excluding carboxylic acids is 1. The average Bonchev–Trinajstić information content (AvgIpc) is 3.05. The minimum atomic E-state index is -0.426. The zero-order valence-corrected chi connectivity index (χ0v) is 18.5. The molecule has 0 radical (unpaired) electrons. The van der Waals surface area contributed by atoms with E-state index in [1.165, 1.54) is 18.0 Å². The van der Waals surface area contributed by atoms with Gasteiger partial charge in [0, 0.05) is 24.3 Å². The minimum Gasteiger partial charge on any atom is -0.481 e. The molecule has 0 fully saturated rings. The van der Waals surface area contributed by atoms with Crippen LogP contribution in [0.1, 0.15) is 18.9 Å². The Hall–Kier alpha value is -2.00. The highest BCUT2D eigenvalue weighted by Gasteiger charge is 2.19. The van der Waals surface area contributed by atoms with E-state index in [0.29, 0.717) is 37.6 Å². The Morgan fingerprint density at radius 3 is 2.69 bits per heavy atom. The van der Waals surface area contributed by atoms with E-state index in [1.807, 2.05) is 6.92 Å². The first-order valence-electron chi connectivity index (χ1n) is 8.38. The standard InChI is InChI=1S/C18H16Cl3N5O2S/c1-10(28-14-7-11(19)3-5-13(14)21)17-24-25-18(26(17)2)29-9-16(27)23-15-6-4-12(20)8-22-15/h3-8,10H,9H2,1-2H3,(H,22,23,27). The van der Waals surface area contributed by atoms with Crippen molar-refractivity contribution < 1.29 is 9.53 Å². The largest absolute Gasteiger partial charge is 0.481 e. The van der Waals surface area contributed by atoms with Crippen molar-refractivity contribution in [1.29, 1.82) is 0 Å². The summed E-state index contributed by atoms with van der Waals surface area (Å²) >= 11 is 19.2. The van der Waals surface area contributed by atoms with E-state index < -0.39 is 6.10 Å². The van der Waals surface area contributed by atoms with Crippen molar-refractivity contribution >= 4 is 58.3 Å². The van der Waals surface area contributed by atoms with Gasteiger partial charge in [0.15, 0.2) is 17.1 Å². The molecule has 0 spiro atoms. The Morgan fingerprint density at radius 2 is 1.97 bits per heavy atom. The summed E-state index contributed by atoms with van der Waals surface area (Å²) < 4.78 is 7.64. The number of nitrogens with one attached hydrogen (secondary N) is 1. The first-order chi connectivity index (χ1) is 13.8. The zero-order chi connectivity index (χ0) is 21.0. The van der Waals surface area contributed by atoms with Crippen LogP contribution in [0.25, 0.3) is 0 Å². The second-order valence-electron chi connectivity index (χ2n) is 5.93. The number of aromatic nitrogens is 4. The van der Waals surface area contributed by atoms with Gasteiger partial charge in [0.1, 0.15) is 11.6 Å². The molecule has 7 nitrogen and oxygen atoms in total. The lowest BCUT2D eigenvalue weighted by Gasteiger charge is -2.15. The van der Waals surface area contributed by atoms with Crippen molar-refractivity contribution in [1.82, 2.24) is 19.7 Å². The molecule has 2 aromatic heterocycles. The lowest BCUT2D eigenvalue weighted by Crippen LogP contribution is -2.15. The number of nitrogens with zero attached hydrogens (tertiary/aromatic N) is 4. The number of thioether (sulfide) groups is 1. The second kappa shape index (κ2) is 9.67. The number of rotatable bonds is 7. The number of hydrogen-bond acceptors (Lipinski definition) is 6. The van der Waals surface area contributed by atoms with Crippen LogP contribution < -0.4 is 10.1 Å². The van der Waals surface area contributed by atoms with E-state index in [1.54, 1.807) is 41.9 Å². The first kappa shape index (κ1) is 21.7. The molecule has 1 N–H and O–H groups in total. The Kier molecular flexibility index (Phi) is 7.23. The Bertz CT molecular complexity index is 1010. The quantitative estimate of drug-likeness (QED) is 0.485. The van der Waals surface area contributed by atoms with Gasteiger partial charge >= 0.3 is 0 Å². The number of benzene rings is 1. The molecule has 1 aromatic carbocycles. The van der Waals surface area contributed by atoms with E-state index in [4.69, 9.17) is 39.5 Å². The summed E-state index contributed by atoms with van der Waals surface area (Å²) in [7, 11) is 1.80. The highest BCUT2D eigenvalue weighted by atomic mass is 35.5. The molecule has 152 valence electrons. The molecule has 1 atom stereocenters. The van der Waals surface area contributed by atoms with E-state index >= 15 is 0 Å². The average molecular weight is 473 g/mol. The summed E-state index contributed by atoms with van der Waals surface area (Å²) in [5.41, 5.74) is 0. The summed E-state index contributed by atoms with van der Waals surface area (Å²) in [6, 6.07) is 8.27. The SMILES string of the molecule is CC(Oc1cc(Cl)ccc1Cl)c1nnc(SCC(=O)Nc2ccc(Cl)cn2)n1C. The molecule has 3 aromatic rings. The number of hydrogen-bond donors (Lipinski definition) is 1. The lowest BCUT2D eigenvalue weighted by atomic mass is 10.3. The van der Waals surface area contributed by atoms with Gasteiger partial charge < -0.3 is 14.6 Å². The van der Waals surface area contributed by atoms with Gasteiger partial charge in [-0.2, -0.15) is 0 Å². The maximum atomic E-state index is 12.1. The van der Waals surface area contributed by atoms with Crippen molar-refractivity contribution in [2.45, 2.75) is 18.2 Å². The van der Waals surface area contributed by atoms with Gasteiger partial charge in [-0.25, -0.2) is 4.98 Å². The number of pyridine rings is 1. The van der Waals surface area contributed by atoms with E-state index in [-0.39, 0.29) is 11.7 Å². The van der Waals surface area contributed by atoms with Gasteiger partial charge in [0.2, 0.25) is 5.91 Å². The van der Waals surface area contributed by atoms with Crippen molar-refractivity contribution in [2.75, 3.05) is 11.1 Å². The van der Waals surface area contributed by atoms with Gasteiger partial charge in [-0.1, -0.05) is 46.6 Å². The summed E-state index contributed by atoms with van der Waals surface area (Å²) in [4.78, 5) is 16.1. The highest BCUT2D eigenvalue weighted by molar-refractivity contribution is 7.99. The van der Waals surface area contributed by atoms with E-state index in [9.17, 15) is 4.79 Å². The fraction of sp³-hybridized carbons (Fsp3) is 0.222. The molecule has 1 unspecified atom stereocenters. The first-order valence-corrected chi connectivity index (χ1v) is 10.5. The van der Waals surface area contributed by atoms with Gasteiger partial charge in [-0.3, -0.25) is 4.79 Å².